The van der Waals surface area contributed by atoms with E-state index in [2.05, 4.69) is 5.32 Å². The van der Waals surface area contributed by atoms with E-state index >= 15 is 0 Å². The fraction of sp³-hybridized carbons (Fsp3) is 0.125. The molecule has 66 valence electrons. The second kappa shape index (κ2) is 3.39. The zero-order valence-corrected chi connectivity index (χ0v) is 7.29. The minimum atomic E-state index is -0.198. The molecule has 4 nitrogen and oxygen atoms in total. The highest BCUT2D eigenvalue weighted by atomic mass is 16.1. The predicted molar refractivity (Wildman–Crippen MR) is 55.0 cm³/mol. The number of carbonyl (C=O) groups excluding carboxylic acids is 1. The van der Waals surface area contributed by atoms with E-state index < -0.39 is 0 Å². The molecule has 0 atom stereocenters. The lowest BCUT2D eigenvalue weighted by Gasteiger charge is -2.09. The summed E-state index contributed by atoms with van der Waals surface area (Å²) in [4.78, 5) is 10.7. The molecule has 0 bridgehead atoms. The van der Waals surface area contributed by atoms with Crippen molar-refractivity contribution in [2.24, 2.45) is 0 Å². The topological polar surface area (TPSA) is 81.1 Å². The van der Waals surface area contributed by atoms with Crippen molar-refractivity contribution in [3.05, 3.63) is 12.1 Å². The largest absolute Gasteiger partial charge is 0.399 e. The van der Waals surface area contributed by atoms with Crippen molar-refractivity contribution in [1.29, 1.82) is 0 Å². The van der Waals surface area contributed by atoms with E-state index in [0.717, 1.165) is 0 Å². The van der Waals surface area contributed by atoms with Gasteiger partial charge in [-0.1, -0.05) is 5.46 Å². The highest BCUT2D eigenvalue weighted by Gasteiger charge is 2.03. The van der Waals surface area contributed by atoms with Gasteiger partial charge in [0.05, 0.1) is 11.4 Å². The molecule has 1 aromatic rings. The van der Waals surface area contributed by atoms with E-state index in [9.17, 15) is 4.79 Å². The lowest BCUT2D eigenvalue weighted by atomic mass is 9.93. The summed E-state index contributed by atoms with van der Waals surface area (Å²) in [5.74, 6) is -0.198. The average molecular weight is 175 g/mol. The van der Waals surface area contributed by atoms with E-state index in [1.807, 2.05) is 0 Å². The summed E-state index contributed by atoms with van der Waals surface area (Å²) in [6, 6.07) is 3.05. The van der Waals surface area contributed by atoms with Crippen molar-refractivity contribution < 1.29 is 4.79 Å². The molecule has 0 fully saturated rings. The number of nitrogens with two attached hydrogens (primary N) is 2. The quantitative estimate of drug-likeness (QED) is 0.401. The molecule has 0 heterocycles. The highest BCUT2D eigenvalue weighted by molar-refractivity contribution is 6.36. The van der Waals surface area contributed by atoms with Gasteiger partial charge in [-0.2, -0.15) is 0 Å². The second-order valence-corrected chi connectivity index (χ2v) is 2.75. The summed E-state index contributed by atoms with van der Waals surface area (Å²) in [6.45, 7) is 1.39. The number of hydrogen-bond acceptors (Lipinski definition) is 3. The third-order valence-electron chi connectivity index (χ3n) is 1.57. The molecule has 1 amide bonds. The second-order valence-electron chi connectivity index (χ2n) is 2.75. The minimum Gasteiger partial charge on any atom is -0.399 e. The molecule has 1 aromatic carbocycles. The van der Waals surface area contributed by atoms with Gasteiger partial charge >= 0.3 is 0 Å². The zero-order chi connectivity index (χ0) is 10.0. The number of nitrogen functional groups attached to an aromatic ring is 2. The molecule has 0 spiro atoms. The van der Waals surface area contributed by atoms with Gasteiger partial charge < -0.3 is 16.8 Å². The monoisotopic (exact) mass is 175 g/mol. The van der Waals surface area contributed by atoms with E-state index in [1.54, 1.807) is 0 Å². The van der Waals surface area contributed by atoms with Crippen molar-refractivity contribution in [1.82, 2.24) is 0 Å². The normalized spacial score (nSPS) is 9.62. The number of benzene rings is 1. The molecule has 0 unspecified atom stereocenters. The van der Waals surface area contributed by atoms with Crippen LogP contribution in [0.2, 0.25) is 0 Å². The Morgan fingerprint density at radius 2 is 2.00 bits per heavy atom. The Morgan fingerprint density at radius 3 is 2.54 bits per heavy atom. The predicted octanol–water partition coefficient (Wildman–Crippen LogP) is -0.397. The van der Waals surface area contributed by atoms with Crippen LogP contribution >= 0.6 is 0 Å². The average Bonchev–Trinajstić information content (AvgIpc) is 1.99. The molecule has 2 radical (unpaired) electrons. The summed E-state index contributed by atoms with van der Waals surface area (Å²) < 4.78 is 0. The number of hydrogen-bond donors (Lipinski definition) is 3. The van der Waals surface area contributed by atoms with Gasteiger partial charge in [-0.3, -0.25) is 4.79 Å². The SMILES string of the molecule is [B]c1cc(NC(C)=O)c(N)cc1N. The van der Waals surface area contributed by atoms with E-state index in [-0.39, 0.29) is 5.91 Å². The van der Waals surface area contributed by atoms with Crippen molar-refractivity contribution in [2.75, 3.05) is 16.8 Å². The first-order valence-corrected chi connectivity index (χ1v) is 3.72. The van der Waals surface area contributed by atoms with E-state index in [4.69, 9.17) is 19.3 Å². The first-order chi connectivity index (χ1) is 6.00. The van der Waals surface area contributed by atoms with Crippen LogP contribution in [0.15, 0.2) is 12.1 Å². The Hall–Kier alpha value is -1.65. The van der Waals surface area contributed by atoms with Crippen LogP contribution in [0.5, 0.6) is 0 Å². The number of carbonyl (C=O) groups is 1. The van der Waals surface area contributed by atoms with Gasteiger partial charge in [-0.05, 0) is 12.1 Å². The maximum atomic E-state index is 10.7. The van der Waals surface area contributed by atoms with Gasteiger partial charge in [-0.25, -0.2) is 0 Å². The van der Waals surface area contributed by atoms with Crippen LogP contribution in [-0.2, 0) is 4.79 Å². The maximum absolute atomic E-state index is 10.7. The summed E-state index contributed by atoms with van der Waals surface area (Å²) in [5.41, 5.74) is 12.8. The molecule has 0 saturated heterocycles. The zero-order valence-electron chi connectivity index (χ0n) is 7.29. The van der Waals surface area contributed by atoms with E-state index in [0.29, 0.717) is 22.5 Å². The Kier molecular flexibility index (Phi) is 2.46. The fourth-order valence-corrected chi connectivity index (χ4v) is 0.949. The third-order valence-corrected chi connectivity index (χ3v) is 1.57. The molecular formula is C8H10BN3O. The molecule has 13 heavy (non-hydrogen) atoms. The smallest absolute Gasteiger partial charge is 0.221 e. The number of amides is 1. The lowest BCUT2D eigenvalue weighted by Crippen LogP contribution is -2.15. The number of nitrogens with one attached hydrogen (secondary N) is 1. The van der Waals surface area contributed by atoms with Crippen molar-refractivity contribution in [3.63, 3.8) is 0 Å². The molecule has 0 aliphatic heterocycles. The first-order valence-electron chi connectivity index (χ1n) is 3.72. The van der Waals surface area contributed by atoms with Crippen LogP contribution in [0, 0.1) is 0 Å². The van der Waals surface area contributed by atoms with Crippen LogP contribution in [-0.4, -0.2) is 13.8 Å². The van der Waals surface area contributed by atoms with Gasteiger partial charge in [0.2, 0.25) is 5.91 Å². The molecule has 0 aromatic heterocycles. The lowest BCUT2D eigenvalue weighted by molar-refractivity contribution is -0.114. The summed E-state index contributed by atoms with van der Waals surface area (Å²) in [5, 5.41) is 2.54. The molecule has 1 rings (SSSR count). The Bertz CT molecular complexity index is 351. The molecule has 0 aliphatic carbocycles. The fourth-order valence-electron chi connectivity index (χ4n) is 0.949. The van der Waals surface area contributed by atoms with Crippen molar-refractivity contribution in [3.8, 4) is 0 Å². The summed E-state index contributed by atoms with van der Waals surface area (Å²) >= 11 is 0. The third kappa shape index (κ3) is 2.15. The summed E-state index contributed by atoms with van der Waals surface area (Å²) in [6.07, 6.45) is 0. The maximum Gasteiger partial charge on any atom is 0.221 e. The number of rotatable bonds is 1. The van der Waals surface area contributed by atoms with Gasteiger partial charge in [0.25, 0.3) is 0 Å². The van der Waals surface area contributed by atoms with Gasteiger partial charge in [0.1, 0.15) is 7.85 Å². The van der Waals surface area contributed by atoms with Crippen molar-refractivity contribution >= 4 is 36.3 Å². The van der Waals surface area contributed by atoms with Gasteiger partial charge in [0.15, 0.2) is 0 Å². The van der Waals surface area contributed by atoms with Crippen LogP contribution < -0.4 is 22.2 Å². The molecule has 5 N–H and O–H groups in total. The Labute approximate surface area is 77.7 Å². The molecule has 5 heteroatoms. The van der Waals surface area contributed by atoms with Crippen LogP contribution in [0.4, 0.5) is 17.1 Å². The van der Waals surface area contributed by atoms with Crippen LogP contribution in [0.3, 0.4) is 0 Å². The molecule has 0 saturated carbocycles. The summed E-state index contributed by atoms with van der Waals surface area (Å²) in [7, 11) is 5.53. The van der Waals surface area contributed by atoms with Crippen molar-refractivity contribution in [2.45, 2.75) is 6.92 Å². The van der Waals surface area contributed by atoms with E-state index in [1.165, 1.54) is 19.1 Å². The first kappa shape index (κ1) is 9.44. The minimum absolute atomic E-state index is 0.198. The molecular weight excluding hydrogens is 165 g/mol. The highest BCUT2D eigenvalue weighted by Crippen LogP contribution is 2.18. The Balaban J connectivity index is 3.08. The van der Waals surface area contributed by atoms with Gasteiger partial charge in [-0.15, -0.1) is 0 Å². The standard InChI is InChI=1S/C8H10BN3O/c1-4(13)12-8-2-5(9)6(10)3-7(8)11/h2-3H,10-11H2,1H3,(H,12,13). The van der Waals surface area contributed by atoms with Gasteiger partial charge in [0, 0.05) is 12.6 Å². The number of anilines is 3. The Morgan fingerprint density at radius 1 is 1.38 bits per heavy atom. The van der Waals surface area contributed by atoms with Crippen LogP contribution in [0.1, 0.15) is 6.92 Å². The molecule has 0 aliphatic rings. The van der Waals surface area contributed by atoms with Crippen LogP contribution in [0.25, 0.3) is 0 Å².